The second kappa shape index (κ2) is 5.46. The molecule has 2 heterocycles. The molecule has 0 aliphatic heterocycles. The van der Waals surface area contributed by atoms with E-state index in [2.05, 4.69) is 4.98 Å². The van der Waals surface area contributed by atoms with Crippen LogP contribution in [0.15, 0.2) is 39.9 Å². The van der Waals surface area contributed by atoms with Crippen LogP contribution in [0.1, 0.15) is 5.56 Å². The second-order valence-electron chi connectivity index (χ2n) is 5.15. The molecule has 6 nitrogen and oxygen atoms in total. The molecule has 2 aromatic heterocycles. The van der Waals surface area contributed by atoms with Crippen LogP contribution in [0, 0.1) is 0 Å². The molecule has 1 aromatic carbocycles. The second-order valence-corrected chi connectivity index (χ2v) is 5.48. The largest absolute Gasteiger partial charge is 0.332 e. The summed E-state index contributed by atoms with van der Waals surface area (Å²) in [4.78, 5) is 28.5. The van der Waals surface area contributed by atoms with E-state index < -0.39 is 5.69 Å². The van der Waals surface area contributed by atoms with Gasteiger partial charge >= 0.3 is 5.69 Å². The van der Waals surface area contributed by atoms with E-state index in [0.29, 0.717) is 17.7 Å². The van der Waals surface area contributed by atoms with Crippen LogP contribution in [-0.4, -0.2) is 18.7 Å². The van der Waals surface area contributed by atoms with Crippen molar-refractivity contribution in [1.82, 2.24) is 18.7 Å². The normalized spacial score (nSPS) is 11.2. The Labute approximate surface area is 131 Å². The summed E-state index contributed by atoms with van der Waals surface area (Å²) < 4.78 is 4.06. The predicted molar refractivity (Wildman–Crippen MR) is 85.4 cm³/mol. The zero-order valence-electron chi connectivity index (χ0n) is 12.3. The number of hydrogen-bond donors (Lipinski definition) is 0. The number of nitrogens with zero attached hydrogens (tertiary/aromatic N) is 4. The van der Waals surface area contributed by atoms with Gasteiger partial charge in [0.15, 0.2) is 11.2 Å². The number of imidazole rings is 1. The maximum atomic E-state index is 12.4. The molecule has 0 spiro atoms. The zero-order chi connectivity index (χ0) is 15.9. The zero-order valence-corrected chi connectivity index (χ0v) is 13.0. The third-order valence-electron chi connectivity index (χ3n) is 3.77. The number of fused-ring (bicyclic) bond motifs is 1. The Bertz CT molecular complexity index is 954. The minimum Gasteiger partial charge on any atom is -0.308 e. The third-order valence-corrected chi connectivity index (χ3v) is 4.06. The molecule has 22 heavy (non-hydrogen) atoms. The Balaban J connectivity index is 2.12. The number of benzene rings is 1. The highest BCUT2D eigenvalue weighted by Gasteiger charge is 2.17. The van der Waals surface area contributed by atoms with E-state index in [1.54, 1.807) is 11.6 Å². The molecule has 114 valence electrons. The van der Waals surface area contributed by atoms with E-state index in [9.17, 15) is 9.59 Å². The summed E-state index contributed by atoms with van der Waals surface area (Å²) in [6, 6.07) is 9.91. The van der Waals surface area contributed by atoms with Crippen molar-refractivity contribution < 1.29 is 0 Å². The van der Waals surface area contributed by atoms with Gasteiger partial charge in [-0.1, -0.05) is 30.3 Å². The number of halogens is 1. The first-order chi connectivity index (χ1) is 10.5. The molecule has 0 aliphatic carbocycles. The van der Waals surface area contributed by atoms with Gasteiger partial charge in [-0.25, -0.2) is 4.79 Å². The van der Waals surface area contributed by atoms with Crippen molar-refractivity contribution in [2.24, 2.45) is 14.1 Å². The summed E-state index contributed by atoms with van der Waals surface area (Å²) in [5.41, 5.74) is 1.01. The van der Waals surface area contributed by atoms with Gasteiger partial charge in [-0.3, -0.25) is 13.9 Å². The van der Waals surface area contributed by atoms with Gasteiger partial charge in [0.05, 0.1) is 0 Å². The number of hydrogen-bond acceptors (Lipinski definition) is 3. The quantitative estimate of drug-likeness (QED) is 0.684. The molecule has 0 saturated heterocycles. The van der Waals surface area contributed by atoms with Crippen LogP contribution >= 0.6 is 11.6 Å². The van der Waals surface area contributed by atoms with Crippen molar-refractivity contribution in [2.75, 3.05) is 0 Å². The van der Waals surface area contributed by atoms with Crippen molar-refractivity contribution in [3.63, 3.8) is 0 Å². The highest BCUT2D eigenvalue weighted by Crippen LogP contribution is 2.16. The lowest BCUT2D eigenvalue weighted by Crippen LogP contribution is -2.37. The van der Waals surface area contributed by atoms with Crippen LogP contribution in [0.25, 0.3) is 11.2 Å². The number of rotatable bonds is 3. The monoisotopic (exact) mass is 318 g/mol. The van der Waals surface area contributed by atoms with Crippen molar-refractivity contribution >= 4 is 22.8 Å². The standard InChI is InChI=1S/C15H15ClN4O2/c1-18-12-11(13(21)19(2)15(18)22)20(14(16)17-12)9-8-10-6-4-3-5-7-10/h3-7H,8-9H2,1-2H3. The molecule has 0 bridgehead atoms. The fourth-order valence-electron chi connectivity index (χ4n) is 2.51. The molecule has 7 heteroatoms. The first-order valence-corrected chi connectivity index (χ1v) is 7.24. The van der Waals surface area contributed by atoms with E-state index in [4.69, 9.17) is 11.6 Å². The van der Waals surface area contributed by atoms with Gasteiger partial charge in [0.1, 0.15) is 0 Å². The summed E-state index contributed by atoms with van der Waals surface area (Å²) in [6.07, 6.45) is 0.720. The van der Waals surface area contributed by atoms with Crippen LogP contribution in [0.4, 0.5) is 0 Å². The van der Waals surface area contributed by atoms with Gasteiger partial charge in [0, 0.05) is 20.6 Å². The predicted octanol–water partition coefficient (Wildman–Crippen LogP) is 1.33. The van der Waals surface area contributed by atoms with Crippen LogP contribution in [0.2, 0.25) is 5.28 Å². The van der Waals surface area contributed by atoms with Crippen LogP contribution in [0.3, 0.4) is 0 Å². The molecule has 3 rings (SSSR count). The van der Waals surface area contributed by atoms with E-state index in [1.165, 1.54) is 11.6 Å². The highest BCUT2D eigenvalue weighted by molar-refractivity contribution is 6.29. The summed E-state index contributed by atoms with van der Waals surface area (Å²) in [5.74, 6) is 0. The molecule has 0 amide bonds. The van der Waals surface area contributed by atoms with Crippen molar-refractivity contribution in [3.05, 3.63) is 62.0 Å². The Kier molecular flexibility index (Phi) is 3.62. The minimum absolute atomic E-state index is 0.212. The minimum atomic E-state index is -0.415. The molecular weight excluding hydrogens is 304 g/mol. The molecule has 0 atom stereocenters. The Hall–Kier alpha value is -2.34. The molecule has 0 radical (unpaired) electrons. The summed E-state index contributed by atoms with van der Waals surface area (Å²) in [7, 11) is 3.03. The third kappa shape index (κ3) is 2.25. The van der Waals surface area contributed by atoms with Gasteiger partial charge in [-0.15, -0.1) is 0 Å². The first-order valence-electron chi connectivity index (χ1n) is 6.86. The molecule has 0 unspecified atom stereocenters. The fraction of sp³-hybridized carbons (Fsp3) is 0.267. The van der Waals surface area contributed by atoms with Gasteiger partial charge in [0.25, 0.3) is 5.56 Å². The Morgan fingerprint density at radius 3 is 2.45 bits per heavy atom. The van der Waals surface area contributed by atoms with Gasteiger partial charge in [-0.2, -0.15) is 4.98 Å². The molecule has 0 saturated carbocycles. The van der Waals surface area contributed by atoms with Crippen molar-refractivity contribution in [2.45, 2.75) is 13.0 Å². The average molecular weight is 319 g/mol. The molecule has 3 aromatic rings. The van der Waals surface area contributed by atoms with Gasteiger partial charge < -0.3 is 4.57 Å². The van der Waals surface area contributed by atoms with Gasteiger partial charge in [0.2, 0.25) is 5.28 Å². The van der Waals surface area contributed by atoms with Crippen molar-refractivity contribution in [1.29, 1.82) is 0 Å². The van der Waals surface area contributed by atoms with E-state index >= 15 is 0 Å². The Morgan fingerprint density at radius 1 is 1.09 bits per heavy atom. The summed E-state index contributed by atoms with van der Waals surface area (Å²) in [6.45, 7) is 0.521. The van der Waals surface area contributed by atoms with Crippen LogP contribution in [0.5, 0.6) is 0 Å². The lowest BCUT2D eigenvalue weighted by atomic mass is 10.1. The molecule has 0 aliphatic rings. The SMILES string of the molecule is Cn1c(=O)c2c(nc(Cl)n2CCc2ccccc2)n(C)c1=O. The Morgan fingerprint density at radius 2 is 1.77 bits per heavy atom. The molecule has 0 N–H and O–H groups in total. The van der Waals surface area contributed by atoms with E-state index in [-0.39, 0.29) is 10.8 Å². The maximum Gasteiger partial charge on any atom is 0.332 e. The van der Waals surface area contributed by atoms with Gasteiger partial charge in [-0.05, 0) is 23.6 Å². The summed E-state index contributed by atoms with van der Waals surface area (Å²) >= 11 is 6.17. The average Bonchev–Trinajstić information content (AvgIpc) is 2.86. The lowest BCUT2D eigenvalue weighted by molar-refractivity contribution is 0.685. The molecule has 0 fully saturated rings. The molecular formula is C15H15ClN4O2. The first kappa shape index (κ1) is 14.6. The number of aryl methyl sites for hydroxylation is 3. The fourth-order valence-corrected chi connectivity index (χ4v) is 2.76. The smallest absolute Gasteiger partial charge is 0.308 e. The lowest BCUT2D eigenvalue weighted by Gasteiger charge is -2.07. The number of aromatic nitrogens is 4. The van der Waals surface area contributed by atoms with E-state index in [0.717, 1.165) is 16.6 Å². The van der Waals surface area contributed by atoms with Crippen LogP contribution in [-0.2, 0) is 27.1 Å². The van der Waals surface area contributed by atoms with Crippen LogP contribution < -0.4 is 11.2 Å². The topological polar surface area (TPSA) is 61.8 Å². The maximum absolute atomic E-state index is 12.4. The van der Waals surface area contributed by atoms with Crippen molar-refractivity contribution in [3.8, 4) is 0 Å². The highest BCUT2D eigenvalue weighted by atomic mass is 35.5. The van der Waals surface area contributed by atoms with E-state index in [1.807, 2.05) is 30.3 Å². The summed E-state index contributed by atoms with van der Waals surface area (Å²) in [5, 5.41) is 0.212.